The highest BCUT2D eigenvalue weighted by atomic mass is 16.4. The summed E-state index contributed by atoms with van der Waals surface area (Å²) in [5.41, 5.74) is 1.99. The number of carboxylic acid groups (broad SMARTS) is 1. The van der Waals surface area contributed by atoms with E-state index in [2.05, 4.69) is 13.8 Å². The number of hydrogen-bond acceptors (Lipinski definition) is 2. The normalized spacial score (nSPS) is 26.4. The second-order valence-corrected chi connectivity index (χ2v) is 7.68. The van der Waals surface area contributed by atoms with E-state index in [1.807, 2.05) is 24.3 Å². The summed E-state index contributed by atoms with van der Waals surface area (Å²) in [4.78, 5) is 26.5. The molecule has 1 N–H and O–H groups in total. The smallest absolute Gasteiger partial charge is 0.331 e. The van der Waals surface area contributed by atoms with Crippen molar-refractivity contribution in [2.75, 3.05) is 6.54 Å². The molecule has 1 aromatic carbocycles. The van der Waals surface area contributed by atoms with E-state index < -0.39 is 12.0 Å². The Morgan fingerprint density at radius 3 is 2.70 bits per heavy atom. The molecule has 4 nitrogen and oxygen atoms in total. The molecule has 0 bridgehead atoms. The molecule has 124 valence electrons. The monoisotopic (exact) mass is 315 g/mol. The van der Waals surface area contributed by atoms with Gasteiger partial charge >= 0.3 is 5.97 Å². The molecule has 2 aliphatic rings. The van der Waals surface area contributed by atoms with Crippen molar-refractivity contribution < 1.29 is 14.7 Å². The molecule has 1 aromatic rings. The molecule has 0 spiro atoms. The Morgan fingerprint density at radius 1 is 1.26 bits per heavy atom. The fraction of sp³-hybridized carbons (Fsp3) is 0.579. The molecule has 1 saturated carbocycles. The zero-order valence-corrected chi connectivity index (χ0v) is 13.9. The molecule has 2 unspecified atom stereocenters. The van der Waals surface area contributed by atoms with Gasteiger partial charge < -0.3 is 10.0 Å². The number of rotatable bonds is 2. The molecular formula is C19H25NO3. The number of aliphatic carboxylic acids is 1. The zero-order chi connectivity index (χ0) is 16.6. The van der Waals surface area contributed by atoms with E-state index in [0.29, 0.717) is 6.54 Å². The molecule has 0 saturated heterocycles. The van der Waals surface area contributed by atoms with E-state index in [1.165, 1.54) is 0 Å². The van der Waals surface area contributed by atoms with Crippen LogP contribution in [0.1, 0.15) is 56.7 Å². The third kappa shape index (κ3) is 3.12. The average Bonchev–Trinajstić information content (AvgIpc) is 2.51. The summed E-state index contributed by atoms with van der Waals surface area (Å²) in [5.74, 6) is -0.939. The second kappa shape index (κ2) is 5.99. The Balaban J connectivity index is 1.87. The molecule has 3 rings (SSSR count). The highest BCUT2D eigenvalue weighted by Crippen LogP contribution is 2.41. The summed E-state index contributed by atoms with van der Waals surface area (Å²) in [6.45, 7) is 4.91. The first kappa shape index (κ1) is 16.0. The van der Waals surface area contributed by atoms with Crippen molar-refractivity contribution in [3.63, 3.8) is 0 Å². The van der Waals surface area contributed by atoms with E-state index in [1.54, 1.807) is 4.90 Å². The Bertz CT molecular complexity index is 623. The van der Waals surface area contributed by atoms with E-state index in [-0.39, 0.29) is 17.2 Å². The van der Waals surface area contributed by atoms with Crippen molar-refractivity contribution in [3.8, 4) is 0 Å². The third-order valence-electron chi connectivity index (χ3n) is 5.35. The fourth-order valence-electron chi connectivity index (χ4n) is 4.21. The summed E-state index contributed by atoms with van der Waals surface area (Å²) in [7, 11) is 0. The number of carboxylic acids is 1. The highest BCUT2D eigenvalue weighted by Gasteiger charge is 2.40. The van der Waals surface area contributed by atoms with Gasteiger partial charge in [0.25, 0.3) is 0 Å². The number of fused-ring (bicyclic) bond motifs is 1. The van der Waals surface area contributed by atoms with Crippen molar-refractivity contribution in [2.24, 2.45) is 11.3 Å². The Morgan fingerprint density at radius 2 is 2.00 bits per heavy atom. The minimum absolute atomic E-state index is 0.0275. The van der Waals surface area contributed by atoms with Gasteiger partial charge in [-0.25, -0.2) is 4.79 Å². The van der Waals surface area contributed by atoms with Crippen LogP contribution in [0.3, 0.4) is 0 Å². The minimum Gasteiger partial charge on any atom is -0.479 e. The summed E-state index contributed by atoms with van der Waals surface area (Å²) < 4.78 is 0. The van der Waals surface area contributed by atoms with E-state index in [9.17, 15) is 14.7 Å². The van der Waals surface area contributed by atoms with Crippen molar-refractivity contribution in [2.45, 2.75) is 52.0 Å². The summed E-state index contributed by atoms with van der Waals surface area (Å²) >= 11 is 0. The van der Waals surface area contributed by atoms with Crippen LogP contribution in [0, 0.1) is 11.3 Å². The predicted molar refractivity (Wildman–Crippen MR) is 88.0 cm³/mol. The maximum atomic E-state index is 13.0. The highest BCUT2D eigenvalue weighted by molar-refractivity contribution is 5.87. The van der Waals surface area contributed by atoms with Gasteiger partial charge in [-0.05, 0) is 42.2 Å². The Labute approximate surface area is 137 Å². The molecule has 1 aliphatic heterocycles. The number of carbonyl (C=O) groups is 2. The van der Waals surface area contributed by atoms with Crippen LogP contribution in [-0.4, -0.2) is 28.4 Å². The molecule has 0 aromatic heterocycles. The van der Waals surface area contributed by atoms with Gasteiger partial charge in [-0.1, -0.05) is 44.5 Å². The first-order valence-corrected chi connectivity index (χ1v) is 8.50. The number of benzene rings is 1. The summed E-state index contributed by atoms with van der Waals surface area (Å²) in [5, 5.41) is 9.71. The number of hydrogen-bond donors (Lipinski definition) is 1. The molecule has 2 atom stereocenters. The van der Waals surface area contributed by atoms with Gasteiger partial charge in [-0.3, -0.25) is 4.79 Å². The van der Waals surface area contributed by atoms with Crippen LogP contribution in [0.15, 0.2) is 24.3 Å². The summed E-state index contributed by atoms with van der Waals surface area (Å²) in [6, 6.07) is 6.76. The fourth-order valence-corrected chi connectivity index (χ4v) is 4.21. The molecular weight excluding hydrogens is 290 g/mol. The SMILES string of the molecule is CC1(C)CCCC(C(=O)N2CCc3ccccc3C2C(=O)O)C1. The third-order valence-corrected chi connectivity index (χ3v) is 5.35. The first-order chi connectivity index (χ1) is 10.9. The van der Waals surface area contributed by atoms with Crippen LogP contribution in [0.25, 0.3) is 0 Å². The Kier molecular flexibility index (Phi) is 4.17. The van der Waals surface area contributed by atoms with Gasteiger partial charge in [0.2, 0.25) is 5.91 Å². The van der Waals surface area contributed by atoms with Crippen LogP contribution in [0.5, 0.6) is 0 Å². The van der Waals surface area contributed by atoms with Crippen molar-refractivity contribution in [3.05, 3.63) is 35.4 Å². The van der Waals surface area contributed by atoms with E-state index in [0.717, 1.165) is 43.2 Å². The number of nitrogens with zero attached hydrogens (tertiary/aromatic N) is 1. The zero-order valence-electron chi connectivity index (χ0n) is 13.9. The molecule has 1 amide bonds. The van der Waals surface area contributed by atoms with Gasteiger partial charge in [-0.2, -0.15) is 0 Å². The van der Waals surface area contributed by atoms with Crippen molar-refractivity contribution in [1.29, 1.82) is 0 Å². The van der Waals surface area contributed by atoms with Crippen molar-refractivity contribution in [1.82, 2.24) is 4.90 Å². The van der Waals surface area contributed by atoms with Crippen LogP contribution in [0.2, 0.25) is 0 Å². The minimum atomic E-state index is -0.930. The largest absolute Gasteiger partial charge is 0.479 e. The Hall–Kier alpha value is -1.84. The van der Waals surface area contributed by atoms with Crippen LogP contribution in [-0.2, 0) is 16.0 Å². The molecule has 1 heterocycles. The van der Waals surface area contributed by atoms with Gasteiger partial charge in [0.15, 0.2) is 6.04 Å². The van der Waals surface area contributed by atoms with Crippen LogP contribution >= 0.6 is 0 Å². The van der Waals surface area contributed by atoms with Gasteiger partial charge in [0.1, 0.15) is 0 Å². The lowest BCUT2D eigenvalue weighted by molar-refractivity contribution is -0.154. The first-order valence-electron chi connectivity index (χ1n) is 8.50. The molecule has 0 radical (unpaired) electrons. The maximum absolute atomic E-state index is 13.0. The number of carbonyl (C=O) groups excluding carboxylic acids is 1. The van der Waals surface area contributed by atoms with E-state index in [4.69, 9.17) is 0 Å². The molecule has 4 heteroatoms. The maximum Gasteiger partial charge on any atom is 0.331 e. The number of amides is 1. The molecule has 1 aliphatic carbocycles. The molecule has 23 heavy (non-hydrogen) atoms. The lowest BCUT2D eigenvalue weighted by Gasteiger charge is -2.40. The van der Waals surface area contributed by atoms with Gasteiger partial charge in [0.05, 0.1) is 0 Å². The van der Waals surface area contributed by atoms with Crippen LogP contribution < -0.4 is 0 Å². The molecule has 1 fully saturated rings. The van der Waals surface area contributed by atoms with Gasteiger partial charge in [-0.15, -0.1) is 0 Å². The average molecular weight is 315 g/mol. The van der Waals surface area contributed by atoms with E-state index >= 15 is 0 Å². The quantitative estimate of drug-likeness (QED) is 0.910. The predicted octanol–water partition coefficient (Wildman–Crippen LogP) is 3.41. The second-order valence-electron chi connectivity index (χ2n) is 7.68. The topological polar surface area (TPSA) is 57.6 Å². The standard InChI is InChI=1S/C19H25NO3/c1-19(2)10-5-7-14(12-19)17(21)20-11-9-13-6-3-4-8-15(13)16(20)18(22)23/h3-4,6,8,14,16H,5,7,9-12H2,1-2H3,(H,22,23). The van der Waals surface area contributed by atoms with Crippen LogP contribution in [0.4, 0.5) is 0 Å². The van der Waals surface area contributed by atoms with Gasteiger partial charge in [0, 0.05) is 12.5 Å². The lowest BCUT2D eigenvalue weighted by atomic mass is 9.71. The van der Waals surface area contributed by atoms with Crippen molar-refractivity contribution >= 4 is 11.9 Å². The lowest BCUT2D eigenvalue weighted by Crippen LogP contribution is -2.47. The summed E-state index contributed by atoms with van der Waals surface area (Å²) in [6.07, 6.45) is 4.67.